The highest BCUT2D eigenvalue weighted by Crippen LogP contribution is 2.03. The van der Waals surface area contributed by atoms with Gasteiger partial charge in [0.2, 0.25) is 0 Å². The summed E-state index contributed by atoms with van der Waals surface area (Å²) in [6.45, 7) is 1.01. The van der Waals surface area contributed by atoms with Gasteiger partial charge in [-0.2, -0.15) is 0 Å². The molecule has 0 bridgehead atoms. The van der Waals surface area contributed by atoms with Gasteiger partial charge >= 0.3 is 0 Å². The fourth-order valence-corrected chi connectivity index (χ4v) is 1.34. The Kier molecular flexibility index (Phi) is 6.19. The molecule has 0 amide bonds. The van der Waals surface area contributed by atoms with Crippen LogP contribution in [-0.4, -0.2) is 77.5 Å². The van der Waals surface area contributed by atoms with Crippen LogP contribution in [0.25, 0.3) is 0 Å². The molecular weight excluding hydrogens is 174 g/mol. The summed E-state index contributed by atoms with van der Waals surface area (Å²) in [6.07, 6.45) is -0.789. The molecule has 80 valence electrons. The summed E-state index contributed by atoms with van der Waals surface area (Å²) in [6, 6.07) is 0. The van der Waals surface area contributed by atoms with Gasteiger partial charge in [-0.25, -0.2) is 0 Å². The Morgan fingerprint density at radius 3 is 1.85 bits per heavy atom. The normalized spacial score (nSPS) is 14.5. The minimum atomic E-state index is -0.789. The van der Waals surface area contributed by atoms with Crippen LogP contribution in [-0.2, 0) is 0 Å². The van der Waals surface area contributed by atoms with Crippen LogP contribution in [0.5, 0.6) is 0 Å². The number of aliphatic hydroxyl groups is 4. The molecular formula is C8H20NO4+. The van der Waals surface area contributed by atoms with Gasteiger partial charge in [-0.3, -0.25) is 0 Å². The average molecular weight is 194 g/mol. The lowest BCUT2D eigenvalue weighted by Crippen LogP contribution is -2.52. The van der Waals surface area contributed by atoms with E-state index in [1.807, 2.05) is 7.05 Å². The second-order valence-corrected chi connectivity index (χ2v) is 3.53. The van der Waals surface area contributed by atoms with E-state index in [1.165, 1.54) is 0 Å². The molecule has 0 saturated heterocycles. The van der Waals surface area contributed by atoms with Crippen LogP contribution in [0.2, 0.25) is 0 Å². The summed E-state index contributed by atoms with van der Waals surface area (Å²) in [5.41, 5.74) is 0. The van der Waals surface area contributed by atoms with Crippen molar-refractivity contribution >= 4 is 0 Å². The summed E-state index contributed by atoms with van der Waals surface area (Å²) in [5.74, 6) is 0. The lowest BCUT2D eigenvalue weighted by atomic mass is 10.3. The number of likely N-dealkylation sites (N-methyl/N-ethyl adjacent to an activating group) is 1. The third-order valence-corrected chi connectivity index (χ3v) is 2.14. The predicted octanol–water partition coefficient (Wildman–Crippen LogP) is -2.23. The summed E-state index contributed by atoms with van der Waals surface area (Å²) in [7, 11) is 1.82. The molecule has 0 aliphatic carbocycles. The van der Waals surface area contributed by atoms with Crippen LogP contribution in [0.15, 0.2) is 0 Å². The second-order valence-electron chi connectivity index (χ2n) is 3.53. The van der Waals surface area contributed by atoms with Gasteiger partial charge in [-0.05, 0) is 0 Å². The Bertz CT molecular complexity index is 125. The zero-order valence-corrected chi connectivity index (χ0v) is 8.06. The van der Waals surface area contributed by atoms with Crippen LogP contribution in [0, 0.1) is 0 Å². The topological polar surface area (TPSA) is 80.9 Å². The largest absolute Gasteiger partial charge is 0.393 e. The first kappa shape index (κ1) is 12.8. The number of hydrogen-bond acceptors (Lipinski definition) is 4. The van der Waals surface area contributed by atoms with Gasteiger partial charge in [0.25, 0.3) is 0 Å². The third kappa shape index (κ3) is 5.17. The maximum atomic E-state index is 9.22. The molecule has 0 fully saturated rings. The van der Waals surface area contributed by atoms with E-state index in [9.17, 15) is 5.11 Å². The molecule has 0 saturated carbocycles. The molecule has 13 heavy (non-hydrogen) atoms. The summed E-state index contributed by atoms with van der Waals surface area (Å²) in [4.78, 5) is 0. The van der Waals surface area contributed by atoms with Crippen LogP contribution >= 0.6 is 0 Å². The van der Waals surface area contributed by atoms with E-state index in [1.54, 1.807) is 0 Å². The van der Waals surface area contributed by atoms with Crippen molar-refractivity contribution in [3.8, 4) is 0 Å². The van der Waals surface area contributed by atoms with Gasteiger partial charge in [0.1, 0.15) is 25.7 Å². The van der Waals surface area contributed by atoms with Crippen molar-refractivity contribution in [1.29, 1.82) is 0 Å². The van der Waals surface area contributed by atoms with Crippen LogP contribution in [0.3, 0.4) is 0 Å². The van der Waals surface area contributed by atoms with Gasteiger partial charge in [0.15, 0.2) is 0 Å². The fourth-order valence-electron chi connectivity index (χ4n) is 1.34. The quantitative estimate of drug-likeness (QED) is 0.346. The van der Waals surface area contributed by atoms with E-state index < -0.39 is 6.10 Å². The fraction of sp³-hybridized carbons (Fsp3) is 1.00. The molecule has 0 aromatic rings. The van der Waals surface area contributed by atoms with Gasteiger partial charge in [-0.1, -0.05) is 0 Å². The van der Waals surface area contributed by atoms with Crippen molar-refractivity contribution in [3.05, 3.63) is 0 Å². The minimum absolute atomic E-state index is 0.00858. The first-order valence-electron chi connectivity index (χ1n) is 4.42. The van der Waals surface area contributed by atoms with Crippen molar-refractivity contribution in [2.24, 2.45) is 0 Å². The summed E-state index contributed by atoms with van der Waals surface area (Å²) < 4.78 is 0.370. The molecule has 5 heteroatoms. The molecule has 0 aliphatic rings. The Morgan fingerprint density at radius 1 is 1.08 bits per heavy atom. The monoisotopic (exact) mass is 194 g/mol. The molecule has 0 spiro atoms. The zero-order chi connectivity index (χ0) is 10.3. The Balaban J connectivity index is 4.05. The highest BCUT2D eigenvalue weighted by Gasteiger charge is 2.23. The third-order valence-electron chi connectivity index (χ3n) is 2.14. The average Bonchev–Trinajstić information content (AvgIpc) is 2.04. The summed E-state index contributed by atoms with van der Waals surface area (Å²) >= 11 is 0. The van der Waals surface area contributed by atoms with Crippen molar-refractivity contribution in [3.63, 3.8) is 0 Å². The molecule has 0 heterocycles. The van der Waals surface area contributed by atoms with Gasteiger partial charge < -0.3 is 24.9 Å². The van der Waals surface area contributed by atoms with E-state index in [4.69, 9.17) is 15.3 Å². The molecule has 0 rings (SSSR count). The second kappa shape index (κ2) is 6.28. The molecule has 5 nitrogen and oxygen atoms in total. The predicted molar refractivity (Wildman–Crippen MR) is 48.0 cm³/mol. The standard InChI is InChI=1S/C8H20NO4/c1-9(2-4-10,3-5-11)6-8(13)7-12/h8,10-13H,2-7H2,1H3/q+1. The highest BCUT2D eigenvalue weighted by molar-refractivity contribution is 4.51. The number of aliphatic hydroxyl groups excluding tert-OH is 4. The van der Waals surface area contributed by atoms with Crippen molar-refractivity contribution in [2.45, 2.75) is 6.10 Å². The maximum Gasteiger partial charge on any atom is 0.126 e. The van der Waals surface area contributed by atoms with Gasteiger partial charge in [0, 0.05) is 0 Å². The van der Waals surface area contributed by atoms with Gasteiger partial charge in [-0.15, -0.1) is 0 Å². The number of nitrogens with zero attached hydrogens (tertiary/aromatic N) is 1. The maximum absolute atomic E-state index is 9.22. The molecule has 0 aromatic heterocycles. The van der Waals surface area contributed by atoms with Crippen LogP contribution < -0.4 is 0 Å². The molecule has 0 radical (unpaired) electrons. The SMILES string of the molecule is C[N+](CCO)(CCO)CC(O)CO. The van der Waals surface area contributed by atoms with Crippen LogP contribution in [0.4, 0.5) is 0 Å². The first-order valence-corrected chi connectivity index (χ1v) is 4.42. The van der Waals surface area contributed by atoms with Gasteiger partial charge in [0.05, 0.1) is 26.9 Å². The highest BCUT2D eigenvalue weighted by atomic mass is 16.3. The number of hydrogen-bond donors (Lipinski definition) is 4. The first-order chi connectivity index (χ1) is 6.08. The van der Waals surface area contributed by atoms with E-state index in [2.05, 4.69) is 0 Å². The van der Waals surface area contributed by atoms with Crippen LogP contribution in [0.1, 0.15) is 0 Å². The van der Waals surface area contributed by atoms with E-state index >= 15 is 0 Å². The van der Waals surface area contributed by atoms with Crippen molar-refractivity contribution < 1.29 is 24.9 Å². The Hall–Kier alpha value is -0.200. The van der Waals surface area contributed by atoms with E-state index in [0.717, 1.165) is 0 Å². The van der Waals surface area contributed by atoms with Crippen molar-refractivity contribution in [1.82, 2.24) is 0 Å². The Morgan fingerprint density at radius 2 is 1.54 bits per heavy atom. The van der Waals surface area contributed by atoms with E-state index in [-0.39, 0.29) is 19.8 Å². The minimum Gasteiger partial charge on any atom is -0.393 e. The molecule has 4 N–H and O–H groups in total. The van der Waals surface area contributed by atoms with Crippen molar-refractivity contribution in [2.75, 3.05) is 46.5 Å². The number of rotatable bonds is 7. The molecule has 0 aliphatic heterocycles. The Labute approximate surface area is 78.4 Å². The van der Waals surface area contributed by atoms with E-state index in [0.29, 0.717) is 24.1 Å². The molecule has 0 aromatic carbocycles. The lowest BCUT2D eigenvalue weighted by molar-refractivity contribution is -0.913. The smallest absolute Gasteiger partial charge is 0.126 e. The lowest BCUT2D eigenvalue weighted by Gasteiger charge is -2.34. The molecule has 1 atom stereocenters. The number of quaternary nitrogens is 1. The zero-order valence-electron chi connectivity index (χ0n) is 8.06. The molecule has 1 unspecified atom stereocenters. The summed E-state index contributed by atoms with van der Waals surface area (Å²) in [5, 5.41) is 35.4.